The van der Waals surface area contributed by atoms with Gasteiger partial charge in [0.1, 0.15) is 11.9 Å². The van der Waals surface area contributed by atoms with Gasteiger partial charge in [-0.05, 0) is 45.2 Å². The van der Waals surface area contributed by atoms with E-state index in [-0.39, 0.29) is 5.92 Å². The van der Waals surface area contributed by atoms with Gasteiger partial charge in [-0.2, -0.15) is 10.2 Å². The smallest absolute Gasteiger partial charge is 0.231 e. The highest BCUT2D eigenvalue weighted by Crippen LogP contribution is 2.30. The lowest BCUT2D eigenvalue weighted by Gasteiger charge is -2.32. The molecular formula is C16H19N5O. The van der Waals surface area contributed by atoms with E-state index in [0.29, 0.717) is 17.3 Å². The lowest BCUT2D eigenvalue weighted by Crippen LogP contribution is -2.35. The first-order valence-electron chi connectivity index (χ1n) is 7.52. The number of anilines is 1. The molecule has 0 aliphatic carbocycles. The average Bonchev–Trinajstić information content (AvgIpc) is 2.93. The van der Waals surface area contributed by atoms with Crippen LogP contribution in [0, 0.1) is 32.1 Å². The highest BCUT2D eigenvalue weighted by molar-refractivity contribution is 5.58. The summed E-state index contributed by atoms with van der Waals surface area (Å²) in [6, 6.07) is 4.24. The number of piperidine rings is 1. The molecule has 2 aromatic heterocycles. The van der Waals surface area contributed by atoms with Crippen LogP contribution in [0.5, 0.6) is 0 Å². The normalized spacial score (nSPS) is 18.3. The molecule has 6 heteroatoms. The second-order valence-electron chi connectivity index (χ2n) is 5.86. The maximum atomic E-state index is 9.45. The van der Waals surface area contributed by atoms with Gasteiger partial charge >= 0.3 is 0 Å². The zero-order valence-corrected chi connectivity index (χ0v) is 13.1. The Balaban J connectivity index is 1.91. The van der Waals surface area contributed by atoms with E-state index < -0.39 is 0 Å². The van der Waals surface area contributed by atoms with Crippen molar-refractivity contribution in [2.24, 2.45) is 0 Å². The summed E-state index contributed by atoms with van der Waals surface area (Å²) in [5, 5.41) is 13.3. The van der Waals surface area contributed by atoms with Crippen molar-refractivity contribution in [1.82, 2.24) is 15.1 Å². The van der Waals surface area contributed by atoms with Crippen molar-refractivity contribution < 1.29 is 4.52 Å². The van der Waals surface area contributed by atoms with E-state index >= 15 is 0 Å². The molecule has 0 N–H and O–H groups in total. The molecule has 0 spiro atoms. The molecule has 114 valence electrons. The minimum atomic E-state index is 0.198. The first-order chi connectivity index (χ1) is 10.6. The number of aromatic nitrogens is 3. The quantitative estimate of drug-likeness (QED) is 0.848. The van der Waals surface area contributed by atoms with Crippen LogP contribution in [-0.4, -0.2) is 28.2 Å². The fourth-order valence-electron chi connectivity index (χ4n) is 3.03. The number of nitriles is 1. The van der Waals surface area contributed by atoms with Crippen LogP contribution >= 0.6 is 0 Å². The number of pyridine rings is 1. The van der Waals surface area contributed by atoms with E-state index in [0.717, 1.165) is 43.0 Å². The number of aryl methyl sites for hydroxylation is 3. The van der Waals surface area contributed by atoms with Gasteiger partial charge in [-0.3, -0.25) is 0 Å². The Kier molecular flexibility index (Phi) is 3.80. The molecule has 1 fully saturated rings. The minimum Gasteiger partial charge on any atom is -0.355 e. The Morgan fingerprint density at radius 2 is 2.14 bits per heavy atom. The van der Waals surface area contributed by atoms with E-state index in [9.17, 15) is 5.26 Å². The zero-order chi connectivity index (χ0) is 15.7. The molecule has 1 aliphatic rings. The van der Waals surface area contributed by atoms with Gasteiger partial charge in [-0.1, -0.05) is 5.16 Å². The van der Waals surface area contributed by atoms with Crippen LogP contribution in [-0.2, 0) is 0 Å². The minimum absolute atomic E-state index is 0.198. The molecule has 22 heavy (non-hydrogen) atoms. The van der Waals surface area contributed by atoms with Gasteiger partial charge in [0.15, 0.2) is 5.82 Å². The predicted molar refractivity (Wildman–Crippen MR) is 81.6 cm³/mol. The van der Waals surface area contributed by atoms with Gasteiger partial charge in [0.05, 0.1) is 11.5 Å². The van der Waals surface area contributed by atoms with Crippen molar-refractivity contribution in [2.75, 3.05) is 18.0 Å². The largest absolute Gasteiger partial charge is 0.355 e. The van der Waals surface area contributed by atoms with Crippen LogP contribution in [0.25, 0.3) is 0 Å². The van der Waals surface area contributed by atoms with E-state index in [1.165, 1.54) is 0 Å². The molecule has 3 rings (SSSR count). The molecule has 0 bridgehead atoms. The molecule has 1 atom stereocenters. The molecule has 6 nitrogen and oxygen atoms in total. The van der Waals surface area contributed by atoms with Crippen LogP contribution < -0.4 is 4.90 Å². The van der Waals surface area contributed by atoms with Gasteiger partial charge in [0.25, 0.3) is 0 Å². The summed E-state index contributed by atoms with van der Waals surface area (Å²) in [5.41, 5.74) is 2.57. The van der Waals surface area contributed by atoms with Gasteiger partial charge in [-0.15, -0.1) is 0 Å². The third kappa shape index (κ3) is 2.67. The van der Waals surface area contributed by atoms with Crippen molar-refractivity contribution in [3.63, 3.8) is 0 Å². The maximum absolute atomic E-state index is 9.45. The van der Waals surface area contributed by atoms with Crippen LogP contribution in [0.4, 0.5) is 5.82 Å². The molecule has 0 radical (unpaired) electrons. The van der Waals surface area contributed by atoms with Gasteiger partial charge in [-0.25, -0.2) is 4.98 Å². The summed E-state index contributed by atoms with van der Waals surface area (Å²) in [4.78, 5) is 11.1. The Morgan fingerprint density at radius 1 is 1.32 bits per heavy atom. The molecule has 0 unspecified atom stereocenters. The second kappa shape index (κ2) is 5.76. The van der Waals surface area contributed by atoms with E-state index in [1.54, 1.807) is 0 Å². The highest BCUT2D eigenvalue weighted by Gasteiger charge is 2.28. The van der Waals surface area contributed by atoms with Crippen LogP contribution in [0.15, 0.2) is 10.6 Å². The summed E-state index contributed by atoms with van der Waals surface area (Å²) >= 11 is 0. The SMILES string of the molecule is Cc1cc(C)c(C#N)c(N2CCC[C@@H](c3nc(C)no3)C2)n1. The summed E-state index contributed by atoms with van der Waals surface area (Å²) in [6.45, 7) is 7.40. The lowest BCUT2D eigenvalue weighted by molar-refractivity contribution is 0.331. The first kappa shape index (κ1) is 14.5. The summed E-state index contributed by atoms with van der Waals surface area (Å²) in [6.07, 6.45) is 2.04. The molecule has 2 aromatic rings. The maximum Gasteiger partial charge on any atom is 0.231 e. The van der Waals surface area contributed by atoms with Crippen molar-refractivity contribution in [3.05, 3.63) is 34.6 Å². The van der Waals surface area contributed by atoms with Gasteiger partial charge in [0.2, 0.25) is 5.89 Å². The van der Waals surface area contributed by atoms with E-state index in [2.05, 4.69) is 26.1 Å². The van der Waals surface area contributed by atoms with Crippen molar-refractivity contribution in [1.29, 1.82) is 5.26 Å². The van der Waals surface area contributed by atoms with Gasteiger partial charge in [0, 0.05) is 18.8 Å². The number of hydrogen-bond acceptors (Lipinski definition) is 6. The average molecular weight is 297 g/mol. The first-order valence-corrected chi connectivity index (χ1v) is 7.52. The number of hydrogen-bond donors (Lipinski definition) is 0. The molecule has 0 saturated carbocycles. The third-order valence-electron chi connectivity index (χ3n) is 4.05. The third-order valence-corrected chi connectivity index (χ3v) is 4.05. The Bertz CT molecular complexity index is 731. The van der Waals surface area contributed by atoms with Crippen LogP contribution in [0.1, 0.15) is 47.3 Å². The zero-order valence-electron chi connectivity index (χ0n) is 13.1. The standard InChI is InChI=1S/C16H19N5O/c1-10-7-11(2)18-15(14(10)8-17)21-6-4-5-13(9-21)16-19-12(3)20-22-16/h7,13H,4-6,9H2,1-3H3/t13-/m1/s1. The Morgan fingerprint density at radius 3 is 2.82 bits per heavy atom. The summed E-state index contributed by atoms with van der Waals surface area (Å²) in [5.74, 6) is 2.32. The molecule has 0 amide bonds. The number of nitrogens with zero attached hydrogens (tertiary/aromatic N) is 5. The van der Waals surface area contributed by atoms with Crippen LogP contribution in [0.3, 0.4) is 0 Å². The van der Waals surface area contributed by atoms with Crippen molar-refractivity contribution >= 4 is 5.82 Å². The predicted octanol–water partition coefficient (Wildman–Crippen LogP) is 2.65. The highest BCUT2D eigenvalue weighted by atomic mass is 16.5. The Hall–Kier alpha value is -2.42. The monoisotopic (exact) mass is 297 g/mol. The van der Waals surface area contributed by atoms with Crippen molar-refractivity contribution in [3.8, 4) is 6.07 Å². The molecule has 0 aromatic carbocycles. The topological polar surface area (TPSA) is 78.8 Å². The van der Waals surface area contributed by atoms with E-state index in [1.807, 2.05) is 26.8 Å². The summed E-state index contributed by atoms with van der Waals surface area (Å²) < 4.78 is 5.32. The van der Waals surface area contributed by atoms with Crippen LogP contribution in [0.2, 0.25) is 0 Å². The number of rotatable bonds is 2. The molecular weight excluding hydrogens is 278 g/mol. The van der Waals surface area contributed by atoms with E-state index in [4.69, 9.17) is 4.52 Å². The molecule has 3 heterocycles. The fourth-order valence-corrected chi connectivity index (χ4v) is 3.03. The van der Waals surface area contributed by atoms with Crippen molar-refractivity contribution in [2.45, 2.75) is 39.5 Å². The van der Waals surface area contributed by atoms with Gasteiger partial charge < -0.3 is 9.42 Å². The Labute approximate surface area is 129 Å². The summed E-state index contributed by atoms with van der Waals surface area (Å²) in [7, 11) is 0. The second-order valence-corrected chi connectivity index (χ2v) is 5.86. The lowest BCUT2D eigenvalue weighted by atomic mass is 9.97. The molecule has 1 saturated heterocycles. The fraction of sp³-hybridized carbons (Fsp3) is 0.500. The molecule has 1 aliphatic heterocycles.